The Labute approximate surface area is 665 Å². The zero-order chi connectivity index (χ0) is 81.5. The first-order valence-corrected chi connectivity index (χ1v) is 38.1. The number of carbonyl (C=O) groups is 6. The number of allylic oxidation sites excluding steroid dienone is 4. The number of aromatic hydroxyl groups is 5. The number of halogens is 4. The molecule has 2 unspecified atom stereocenters. The van der Waals surface area contributed by atoms with Gasteiger partial charge in [0.15, 0.2) is 0 Å². The third-order valence-electron chi connectivity index (χ3n) is 20.8. The summed E-state index contributed by atoms with van der Waals surface area (Å²) in [4.78, 5) is 89.5. The Balaban J connectivity index is 0.000000139. The summed E-state index contributed by atoms with van der Waals surface area (Å²) in [6, 6.07) is 54.8. The molecular formula is C95H84F4N6O11. The summed E-state index contributed by atoms with van der Waals surface area (Å²) in [6.07, 6.45) is 16.8. The predicted octanol–water partition coefficient (Wildman–Crippen LogP) is 19.1. The largest absolute Gasteiger partial charge is 0.508 e. The number of hydrogen-bond donors (Lipinski definition) is 11. The number of H-pyrrole nitrogens is 4. The molecule has 588 valence electrons. The van der Waals surface area contributed by atoms with Gasteiger partial charge in [-0.3, -0.25) is 28.8 Å². The van der Waals surface area contributed by atoms with Crippen molar-refractivity contribution in [2.45, 2.75) is 96.8 Å². The predicted molar refractivity (Wildman–Crippen MR) is 442 cm³/mol. The van der Waals surface area contributed by atoms with Gasteiger partial charge >= 0.3 is 0 Å². The first-order valence-electron chi connectivity index (χ1n) is 38.1. The molecule has 14 aromatic rings. The van der Waals surface area contributed by atoms with E-state index >= 15 is 0 Å². The Morgan fingerprint density at radius 2 is 0.655 bits per heavy atom. The maximum absolute atomic E-state index is 13.3. The molecule has 0 radical (unpaired) electrons. The Kier molecular flexibility index (Phi) is 25.4. The Hall–Kier alpha value is -13.8. The highest BCUT2D eigenvalue weighted by Gasteiger charge is 2.28. The number of Topliss-reactive ketones (excluding diaryl/α,β-unsaturated/α-hetero) is 4. The van der Waals surface area contributed by atoms with E-state index in [-0.39, 0.29) is 133 Å². The number of ketones is 4. The molecular weight excluding hydrogens is 1480 g/mol. The summed E-state index contributed by atoms with van der Waals surface area (Å²) < 4.78 is 52.3. The molecule has 16 rings (SSSR count). The molecule has 0 fully saturated rings. The van der Waals surface area contributed by atoms with Gasteiger partial charge in [-0.15, -0.1) is 0 Å². The lowest BCUT2D eigenvalue weighted by Gasteiger charge is -2.17. The van der Waals surface area contributed by atoms with E-state index in [1.807, 2.05) is 6.07 Å². The lowest BCUT2D eigenvalue weighted by Crippen LogP contribution is -2.26. The van der Waals surface area contributed by atoms with E-state index in [4.69, 9.17) is 0 Å². The van der Waals surface area contributed by atoms with Gasteiger partial charge in [0.05, 0.1) is 0 Å². The second-order valence-corrected chi connectivity index (χ2v) is 29.4. The van der Waals surface area contributed by atoms with Crippen LogP contribution in [0.25, 0.3) is 54.8 Å². The average molecular weight is 1560 g/mol. The van der Waals surface area contributed by atoms with Crippen LogP contribution < -0.4 is 10.6 Å². The van der Waals surface area contributed by atoms with Crippen LogP contribution in [0.4, 0.5) is 28.9 Å². The summed E-state index contributed by atoms with van der Waals surface area (Å²) in [7, 11) is 0. The smallest absolute Gasteiger partial charge is 0.227 e. The van der Waals surface area contributed by atoms with Crippen LogP contribution >= 0.6 is 0 Å². The van der Waals surface area contributed by atoms with Crippen LogP contribution in [0.1, 0.15) is 99.7 Å². The quantitative estimate of drug-likeness (QED) is 0.0227. The third kappa shape index (κ3) is 21.1. The van der Waals surface area contributed by atoms with Gasteiger partial charge in [0, 0.05) is 143 Å². The molecule has 4 aromatic heterocycles. The highest BCUT2D eigenvalue weighted by Crippen LogP contribution is 2.37. The molecule has 0 saturated carbocycles. The second kappa shape index (κ2) is 36.8. The van der Waals surface area contributed by atoms with Gasteiger partial charge in [0.1, 0.15) is 75.1 Å². The van der Waals surface area contributed by atoms with Crippen molar-refractivity contribution in [1.29, 1.82) is 0 Å². The molecule has 2 amide bonds. The molecule has 0 aliphatic heterocycles. The first-order chi connectivity index (χ1) is 55.9. The number of rotatable bonds is 26. The van der Waals surface area contributed by atoms with Crippen molar-refractivity contribution in [3.8, 4) is 28.7 Å². The monoisotopic (exact) mass is 1560 g/mol. The highest BCUT2D eigenvalue weighted by atomic mass is 19.1. The molecule has 2 aliphatic rings. The maximum atomic E-state index is 13.3. The number of hydrogen-bond acceptors (Lipinski definition) is 11. The molecule has 10 aromatic carbocycles. The van der Waals surface area contributed by atoms with E-state index in [9.17, 15) is 71.9 Å². The third-order valence-corrected chi connectivity index (χ3v) is 20.8. The fraction of sp³-hybridized carbons (Fsp3) is 0.179. The number of aromatic nitrogens is 4. The molecule has 116 heavy (non-hydrogen) atoms. The summed E-state index contributed by atoms with van der Waals surface area (Å²) in [6.45, 7) is 2.07. The van der Waals surface area contributed by atoms with E-state index in [2.05, 4.69) is 67.8 Å². The van der Waals surface area contributed by atoms with Crippen LogP contribution in [0.2, 0.25) is 0 Å². The van der Waals surface area contributed by atoms with Gasteiger partial charge in [0.25, 0.3) is 0 Å². The number of nitrogens with one attached hydrogen (secondary N) is 6. The lowest BCUT2D eigenvalue weighted by atomic mass is 9.90. The van der Waals surface area contributed by atoms with Crippen molar-refractivity contribution in [3.05, 3.63) is 328 Å². The van der Waals surface area contributed by atoms with Crippen molar-refractivity contribution in [2.75, 3.05) is 10.6 Å². The van der Waals surface area contributed by atoms with Crippen molar-refractivity contribution in [3.63, 3.8) is 0 Å². The van der Waals surface area contributed by atoms with Crippen LogP contribution in [-0.4, -0.2) is 80.4 Å². The van der Waals surface area contributed by atoms with Crippen molar-refractivity contribution >= 4 is 101 Å². The van der Waals surface area contributed by atoms with E-state index in [1.165, 1.54) is 95.1 Å². The molecule has 0 bridgehead atoms. The normalized spacial score (nSPS) is 12.4. The summed E-state index contributed by atoms with van der Waals surface area (Å²) >= 11 is 0. The van der Waals surface area contributed by atoms with Gasteiger partial charge in [-0.25, -0.2) is 17.6 Å². The van der Waals surface area contributed by atoms with Crippen LogP contribution in [0, 0.1) is 42.0 Å². The fourth-order valence-corrected chi connectivity index (χ4v) is 14.8. The molecule has 0 saturated heterocycles. The zero-order valence-corrected chi connectivity index (χ0v) is 63.3. The summed E-state index contributed by atoms with van der Waals surface area (Å²) in [5.41, 5.74) is 17.3. The highest BCUT2D eigenvalue weighted by molar-refractivity contribution is 5.99. The van der Waals surface area contributed by atoms with E-state index in [0.29, 0.717) is 37.1 Å². The number of benzene rings is 10. The van der Waals surface area contributed by atoms with Gasteiger partial charge in [0.2, 0.25) is 11.8 Å². The topological polar surface area (TPSA) is 291 Å². The van der Waals surface area contributed by atoms with Gasteiger partial charge in [-0.05, 0) is 270 Å². The Morgan fingerprint density at radius 1 is 0.353 bits per heavy atom. The number of anilines is 2. The number of fused-ring (bicyclic) bond motifs is 6. The average Bonchev–Trinajstić information content (AvgIpc) is 1.69. The van der Waals surface area contributed by atoms with E-state index in [1.54, 1.807) is 134 Å². The number of phenols is 5. The SMILES string of the molecule is Cc1ccc2c(c1)C(CCC(CC(=O)Cc1c[nH]c3ccc(O)cc13)C(=O)Nc1ccc([18F])cc1)=CC2.O=C(Cc1c[nH]c2ccc(O)cc12)CC(CCC1=CCc2ccc(O)cc21)C(=O)Nc1ccc(F)cc1.O=C(Cc1ccc(F)cc1)Cc1c[nH]c2ccc(O)cc12.O=C(Cc1ccc([18F])cc1)Cc1c[nH]c2ccc(O)cc12. The van der Waals surface area contributed by atoms with Crippen molar-refractivity contribution in [1.82, 2.24) is 19.9 Å². The number of aromatic amines is 4. The lowest BCUT2D eigenvalue weighted by molar-refractivity contribution is -0.126. The maximum Gasteiger partial charge on any atom is 0.227 e. The number of aryl methyl sites for hydroxylation is 1. The van der Waals surface area contributed by atoms with Crippen LogP contribution in [0.5, 0.6) is 28.7 Å². The Morgan fingerprint density at radius 3 is 1.01 bits per heavy atom. The molecule has 0 spiro atoms. The number of amides is 2. The van der Waals surface area contributed by atoms with E-state index < -0.39 is 17.7 Å². The van der Waals surface area contributed by atoms with E-state index in [0.717, 1.165) is 107 Å². The van der Waals surface area contributed by atoms with Crippen LogP contribution in [0.3, 0.4) is 0 Å². The minimum atomic E-state index is -0.599. The van der Waals surface area contributed by atoms with Gasteiger partial charge in [-0.1, -0.05) is 66.2 Å². The molecule has 4 heterocycles. The Bertz CT molecular complexity index is 5650. The molecule has 2 atom stereocenters. The van der Waals surface area contributed by atoms with Gasteiger partial charge in [-0.2, -0.15) is 0 Å². The number of phenolic OH excluding ortho intramolecular Hbond substituents is 5. The summed E-state index contributed by atoms with van der Waals surface area (Å²) in [5.74, 6) is -2.33. The fourth-order valence-electron chi connectivity index (χ4n) is 14.8. The van der Waals surface area contributed by atoms with Crippen molar-refractivity contribution < 1.29 is 71.9 Å². The molecule has 2 aliphatic carbocycles. The van der Waals surface area contributed by atoms with Gasteiger partial charge < -0.3 is 56.1 Å². The van der Waals surface area contributed by atoms with Crippen molar-refractivity contribution in [2.24, 2.45) is 11.8 Å². The minimum absolute atomic E-state index is 0.0404. The number of carbonyl (C=O) groups excluding carboxylic acids is 6. The molecule has 11 N–H and O–H groups in total. The second-order valence-electron chi connectivity index (χ2n) is 29.4. The zero-order valence-electron chi connectivity index (χ0n) is 63.3. The molecule has 17 nitrogen and oxygen atoms in total. The standard InChI is InChI=1S/C31H29FN2O3.C30H27FN2O4.2C17H14FNO2/c1-19-2-3-20-4-5-21(28(20)14-19)6-7-22(31(37)34-25-10-8-24(32)9-11-25)15-27(36)16-23-18-33-30-13-12-26(35)17-29(23)30;31-22-6-8-23(9-7-22)33-30(37)20(4-3-18-1-2-19-5-10-24(34)15-27(18)19)13-26(36)14-21-17-32-29-12-11-25(35)16-28(21)29;2*18-13-3-1-11(2-4-13)7-15(21)8-12-10-19-17-6-5-14(20)9-16(12)17/h2-3,5,8-14,17-18,22,33,35H,4,6-7,15-16H2,1H3,(H,34,37);1,5-12,15-17,20,32,34-35H,2-4,13-14H2,(H,33,37);2*1-6,9-10,19-20H,7-8H2/i32-1;;18-1;. The molecule has 21 heteroatoms. The first kappa shape index (κ1) is 80.2. The van der Waals surface area contributed by atoms with Crippen LogP contribution in [-0.2, 0) is 80.1 Å². The van der Waals surface area contributed by atoms with Crippen LogP contribution in [0.15, 0.2) is 243 Å². The minimum Gasteiger partial charge on any atom is -0.508 e. The summed E-state index contributed by atoms with van der Waals surface area (Å²) in [5, 5.41) is 57.6.